The van der Waals surface area contributed by atoms with E-state index in [0.717, 1.165) is 35.8 Å². The van der Waals surface area contributed by atoms with Crippen molar-refractivity contribution in [3.63, 3.8) is 0 Å². The second kappa shape index (κ2) is 7.82. The highest BCUT2D eigenvalue weighted by Gasteiger charge is 2.05. The molecule has 0 aromatic heterocycles. The molecule has 0 amide bonds. The molecular formula is C12H18ClNOS. The van der Waals surface area contributed by atoms with E-state index < -0.39 is 0 Å². The molecular weight excluding hydrogens is 242 g/mol. The van der Waals surface area contributed by atoms with E-state index in [1.54, 1.807) is 0 Å². The summed E-state index contributed by atoms with van der Waals surface area (Å²) < 4.78 is 5.68. The zero-order valence-electron chi connectivity index (χ0n) is 9.54. The average molecular weight is 260 g/mol. The van der Waals surface area contributed by atoms with Crippen LogP contribution in [0.2, 0.25) is 5.02 Å². The summed E-state index contributed by atoms with van der Waals surface area (Å²) in [5.74, 6) is 3.11. The molecule has 1 aromatic carbocycles. The maximum atomic E-state index is 6.03. The molecule has 2 N–H and O–H groups in total. The molecule has 0 fully saturated rings. The van der Waals surface area contributed by atoms with Crippen molar-refractivity contribution in [2.24, 2.45) is 5.73 Å². The van der Waals surface area contributed by atoms with Crippen molar-refractivity contribution in [1.82, 2.24) is 0 Å². The highest BCUT2D eigenvalue weighted by molar-refractivity contribution is 7.99. The highest BCUT2D eigenvalue weighted by Crippen LogP contribution is 2.25. The molecule has 1 rings (SSSR count). The average Bonchev–Trinajstić information content (AvgIpc) is 2.29. The van der Waals surface area contributed by atoms with Crippen LogP contribution in [-0.4, -0.2) is 18.1 Å². The van der Waals surface area contributed by atoms with Gasteiger partial charge >= 0.3 is 0 Å². The molecule has 0 atom stereocenters. The smallest absolute Gasteiger partial charge is 0.125 e. The van der Waals surface area contributed by atoms with Crippen LogP contribution in [0.4, 0.5) is 0 Å². The van der Waals surface area contributed by atoms with Gasteiger partial charge in [0.2, 0.25) is 0 Å². The van der Waals surface area contributed by atoms with Gasteiger partial charge in [0.25, 0.3) is 0 Å². The number of thioether (sulfide) groups is 1. The Balaban J connectivity index is 2.44. The molecule has 0 spiro atoms. The molecule has 4 heteroatoms. The summed E-state index contributed by atoms with van der Waals surface area (Å²) in [6, 6.07) is 5.64. The third kappa shape index (κ3) is 4.24. The van der Waals surface area contributed by atoms with Crippen molar-refractivity contribution in [3.8, 4) is 5.75 Å². The molecule has 0 aliphatic carbocycles. The standard InChI is InChI=1S/C12H18ClNOS/c1-2-16-8-4-7-15-12-6-3-5-11(13)10(12)9-14/h3,5-6H,2,4,7-9,14H2,1H3. The molecule has 0 saturated heterocycles. The Kier molecular flexibility index (Phi) is 6.69. The van der Waals surface area contributed by atoms with Crippen LogP contribution in [0.25, 0.3) is 0 Å². The number of ether oxygens (including phenoxy) is 1. The molecule has 16 heavy (non-hydrogen) atoms. The minimum Gasteiger partial charge on any atom is -0.493 e. The highest BCUT2D eigenvalue weighted by atomic mass is 35.5. The first-order chi connectivity index (χ1) is 7.79. The summed E-state index contributed by atoms with van der Waals surface area (Å²) in [7, 11) is 0. The minimum absolute atomic E-state index is 0.415. The molecule has 0 aliphatic heterocycles. The first-order valence-electron chi connectivity index (χ1n) is 5.47. The first kappa shape index (κ1) is 13.7. The Morgan fingerprint density at radius 2 is 2.25 bits per heavy atom. The molecule has 0 saturated carbocycles. The molecule has 1 aromatic rings. The Labute approximate surface area is 107 Å². The number of rotatable bonds is 7. The first-order valence-corrected chi connectivity index (χ1v) is 7.00. The SMILES string of the molecule is CCSCCCOc1cccc(Cl)c1CN. The zero-order chi connectivity index (χ0) is 11.8. The van der Waals surface area contributed by atoms with Crippen molar-refractivity contribution < 1.29 is 4.74 Å². The minimum atomic E-state index is 0.415. The van der Waals surface area contributed by atoms with E-state index in [1.807, 2.05) is 30.0 Å². The van der Waals surface area contributed by atoms with E-state index in [0.29, 0.717) is 11.6 Å². The summed E-state index contributed by atoms with van der Waals surface area (Å²) in [6.07, 6.45) is 1.05. The number of benzene rings is 1. The fraction of sp³-hybridized carbons (Fsp3) is 0.500. The maximum absolute atomic E-state index is 6.03. The fourth-order valence-corrected chi connectivity index (χ4v) is 2.21. The Morgan fingerprint density at radius 1 is 1.44 bits per heavy atom. The van der Waals surface area contributed by atoms with Gasteiger partial charge in [-0.05, 0) is 30.1 Å². The Bertz CT molecular complexity index is 320. The molecule has 2 nitrogen and oxygen atoms in total. The quantitative estimate of drug-likeness (QED) is 0.763. The van der Waals surface area contributed by atoms with Crippen LogP contribution in [0.3, 0.4) is 0 Å². The molecule has 0 unspecified atom stereocenters. The van der Waals surface area contributed by atoms with Gasteiger partial charge in [0, 0.05) is 17.1 Å². The van der Waals surface area contributed by atoms with Crippen molar-refractivity contribution in [3.05, 3.63) is 28.8 Å². The lowest BCUT2D eigenvalue weighted by molar-refractivity contribution is 0.315. The van der Waals surface area contributed by atoms with Gasteiger partial charge in [-0.2, -0.15) is 11.8 Å². The summed E-state index contributed by atoms with van der Waals surface area (Å²) in [6.45, 7) is 3.30. The lowest BCUT2D eigenvalue weighted by atomic mass is 10.2. The van der Waals surface area contributed by atoms with Crippen molar-refractivity contribution >= 4 is 23.4 Å². The third-order valence-corrected chi connectivity index (χ3v) is 3.51. The van der Waals surface area contributed by atoms with Crippen LogP contribution in [0.5, 0.6) is 5.75 Å². The zero-order valence-corrected chi connectivity index (χ0v) is 11.1. The van der Waals surface area contributed by atoms with Gasteiger partial charge in [-0.3, -0.25) is 0 Å². The summed E-state index contributed by atoms with van der Waals surface area (Å²) >= 11 is 7.95. The van der Waals surface area contributed by atoms with Crippen LogP contribution in [0.15, 0.2) is 18.2 Å². The molecule has 0 bridgehead atoms. The van der Waals surface area contributed by atoms with Crippen LogP contribution in [0, 0.1) is 0 Å². The van der Waals surface area contributed by atoms with E-state index >= 15 is 0 Å². The van der Waals surface area contributed by atoms with Crippen LogP contribution in [-0.2, 0) is 6.54 Å². The normalized spacial score (nSPS) is 10.4. The van der Waals surface area contributed by atoms with E-state index in [-0.39, 0.29) is 0 Å². The van der Waals surface area contributed by atoms with E-state index in [2.05, 4.69) is 6.92 Å². The van der Waals surface area contributed by atoms with Gasteiger partial charge < -0.3 is 10.5 Å². The van der Waals surface area contributed by atoms with Gasteiger partial charge in [-0.1, -0.05) is 24.6 Å². The van der Waals surface area contributed by atoms with Gasteiger partial charge in [-0.25, -0.2) is 0 Å². The number of hydrogen-bond acceptors (Lipinski definition) is 3. The van der Waals surface area contributed by atoms with Gasteiger partial charge in [0.05, 0.1) is 6.61 Å². The lowest BCUT2D eigenvalue weighted by Crippen LogP contribution is -2.05. The van der Waals surface area contributed by atoms with Gasteiger partial charge in [0.15, 0.2) is 0 Å². The molecule has 0 aliphatic rings. The summed E-state index contributed by atoms with van der Waals surface area (Å²) in [4.78, 5) is 0. The predicted molar refractivity (Wildman–Crippen MR) is 72.5 cm³/mol. The van der Waals surface area contributed by atoms with E-state index in [1.165, 1.54) is 0 Å². The van der Waals surface area contributed by atoms with Crippen molar-refractivity contribution in [2.75, 3.05) is 18.1 Å². The van der Waals surface area contributed by atoms with E-state index in [4.69, 9.17) is 22.1 Å². The van der Waals surface area contributed by atoms with Gasteiger partial charge in [0.1, 0.15) is 5.75 Å². The predicted octanol–water partition coefficient (Wildman–Crippen LogP) is 3.32. The van der Waals surface area contributed by atoms with Crippen LogP contribution < -0.4 is 10.5 Å². The number of hydrogen-bond donors (Lipinski definition) is 1. The topological polar surface area (TPSA) is 35.2 Å². The third-order valence-electron chi connectivity index (χ3n) is 2.17. The summed E-state index contributed by atoms with van der Waals surface area (Å²) in [5.41, 5.74) is 6.53. The maximum Gasteiger partial charge on any atom is 0.125 e. The van der Waals surface area contributed by atoms with Gasteiger partial charge in [-0.15, -0.1) is 0 Å². The monoisotopic (exact) mass is 259 g/mol. The fourth-order valence-electron chi connectivity index (χ4n) is 1.36. The lowest BCUT2D eigenvalue weighted by Gasteiger charge is -2.11. The Hall–Kier alpha value is -0.380. The van der Waals surface area contributed by atoms with Crippen molar-refractivity contribution in [1.29, 1.82) is 0 Å². The molecule has 0 radical (unpaired) electrons. The Morgan fingerprint density at radius 3 is 2.94 bits per heavy atom. The number of halogens is 1. The second-order valence-electron chi connectivity index (χ2n) is 3.32. The van der Waals surface area contributed by atoms with Crippen molar-refractivity contribution in [2.45, 2.75) is 19.9 Å². The molecule has 0 heterocycles. The largest absolute Gasteiger partial charge is 0.493 e. The van der Waals surface area contributed by atoms with Crippen LogP contribution in [0.1, 0.15) is 18.9 Å². The number of nitrogens with two attached hydrogens (primary N) is 1. The second-order valence-corrected chi connectivity index (χ2v) is 5.12. The summed E-state index contributed by atoms with van der Waals surface area (Å²) in [5, 5.41) is 0.683. The van der Waals surface area contributed by atoms with Crippen LogP contribution >= 0.6 is 23.4 Å². The van der Waals surface area contributed by atoms with E-state index in [9.17, 15) is 0 Å². The molecule has 90 valence electrons.